The van der Waals surface area contributed by atoms with E-state index in [9.17, 15) is 14.4 Å². The highest BCUT2D eigenvalue weighted by molar-refractivity contribution is 5.71. The fraction of sp³-hybridized carbons (Fsp3) is 0.952. The Balaban J connectivity index is 4.30. The standard InChI is InChI=1S/C63H122O6/c1-7-59(6)51-45-39-33-27-21-14-11-12-16-24-30-36-42-48-54-63(66)69-60(56-68-62(65)53-47-41-35-29-23-18-17-20-26-32-38-44-50-58(4)5)55-67-61(64)52-46-40-34-28-22-15-10-8-9-13-19-25-31-37-43-49-57(2)3/h57-60H,7-56H2,1-6H3/t59?,60-/m0/s1. The van der Waals surface area contributed by atoms with Crippen LogP contribution in [0.25, 0.3) is 0 Å². The summed E-state index contributed by atoms with van der Waals surface area (Å²) in [6, 6.07) is 0. The molecule has 0 saturated carbocycles. The molecule has 0 N–H and O–H groups in total. The van der Waals surface area contributed by atoms with Crippen molar-refractivity contribution >= 4 is 17.9 Å². The molecule has 0 heterocycles. The van der Waals surface area contributed by atoms with Crippen LogP contribution < -0.4 is 0 Å². The lowest BCUT2D eigenvalue weighted by atomic mass is 9.99. The smallest absolute Gasteiger partial charge is 0.306 e. The number of carbonyl (C=O) groups is 3. The topological polar surface area (TPSA) is 78.9 Å². The molecule has 6 heteroatoms. The molecule has 0 amide bonds. The van der Waals surface area contributed by atoms with Crippen LogP contribution in [0.2, 0.25) is 0 Å². The van der Waals surface area contributed by atoms with Crippen molar-refractivity contribution < 1.29 is 28.6 Å². The SMILES string of the molecule is CCC(C)CCCCCCCCCCCCCCCCC(=O)O[C@@H](COC(=O)CCCCCCCCCCCCCCCCCC(C)C)COC(=O)CCCCCCCCCCCCCCC(C)C. The van der Waals surface area contributed by atoms with E-state index in [1.807, 2.05) is 0 Å². The molecule has 0 aromatic carbocycles. The van der Waals surface area contributed by atoms with E-state index in [-0.39, 0.29) is 31.1 Å². The van der Waals surface area contributed by atoms with Gasteiger partial charge in [0.1, 0.15) is 13.2 Å². The molecule has 0 saturated heterocycles. The molecule has 0 fully saturated rings. The van der Waals surface area contributed by atoms with Gasteiger partial charge in [0.15, 0.2) is 6.10 Å². The zero-order valence-electron chi connectivity index (χ0n) is 47.6. The predicted molar refractivity (Wildman–Crippen MR) is 298 cm³/mol. The van der Waals surface area contributed by atoms with Gasteiger partial charge in [0.05, 0.1) is 0 Å². The van der Waals surface area contributed by atoms with E-state index in [0.717, 1.165) is 75.5 Å². The first-order valence-corrected chi connectivity index (χ1v) is 31.1. The van der Waals surface area contributed by atoms with E-state index < -0.39 is 6.10 Å². The van der Waals surface area contributed by atoms with E-state index in [1.165, 1.54) is 231 Å². The molecule has 0 rings (SSSR count). The van der Waals surface area contributed by atoms with E-state index in [2.05, 4.69) is 41.5 Å². The number of hydrogen-bond donors (Lipinski definition) is 0. The van der Waals surface area contributed by atoms with Gasteiger partial charge in [0, 0.05) is 19.3 Å². The Morgan fingerprint density at radius 2 is 0.507 bits per heavy atom. The molecule has 2 atom stereocenters. The predicted octanol–water partition coefficient (Wildman–Crippen LogP) is 20.7. The zero-order valence-corrected chi connectivity index (χ0v) is 47.6. The molecule has 69 heavy (non-hydrogen) atoms. The molecule has 6 nitrogen and oxygen atoms in total. The van der Waals surface area contributed by atoms with Crippen LogP contribution in [-0.4, -0.2) is 37.2 Å². The summed E-state index contributed by atoms with van der Waals surface area (Å²) in [7, 11) is 0. The Labute approximate surface area is 431 Å². The normalized spacial score (nSPS) is 12.5. The molecule has 410 valence electrons. The second kappa shape index (κ2) is 54.2. The second-order valence-corrected chi connectivity index (χ2v) is 22.9. The Bertz CT molecular complexity index is 1070. The Morgan fingerprint density at radius 1 is 0.290 bits per heavy atom. The summed E-state index contributed by atoms with van der Waals surface area (Å²) in [6.07, 6.45) is 58.0. The minimum absolute atomic E-state index is 0.0628. The summed E-state index contributed by atoms with van der Waals surface area (Å²) in [5.41, 5.74) is 0. The molecular formula is C63H122O6. The Kier molecular flexibility index (Phi) is 52.9. The number of esters is 3. The van der Waals surface area contributed by atoms with Gasteiger partial charge in [-0.3, -0.25) is 14.4 Å². The number of unbranched alkanes of at least 4 members (excludes halogenated alkanes) is 38. The van der Waals surface area contributed by atoms with Crippen molar-refractivity contribution in [3.63, 3.8) is 0 Å². The van der Waals surface area contributed by atoms with Gasteiger partial charge in [-0.2, -0.15) is 0 Å². The van der Waals surface area contributed by atoms with Crippen molar-refractivity contribution in [2.24, 2.45) is 17.8 Å². The van der Waals surface area contributed by atoms with Crippen molar-refractivity contribution in [3.8, 4) is 0 Å². The maximum atomic E-state index is 12.9. The maximum absolute atomic E-state index is 12.9. The van der Waals surface area contributed by atoms with Crippen molar-refractivity contribution in [2.75, 3.05) is 13.2 Å². The number of ether oxygens (including phenoxy) is 3. The highest BCUT2D eigenvalue weighted by Crippen LogP contribution is 2.19. The first-order chi connectivity index (χ1) is 33.6. The third kappa shape index (κ3) is 55.6. The summed E-state index contributed by atoms with van der Waals surface area (Å²) in [4.78, 5) is 38.3. The Morgan fingerprint density at radius 3 is 0.754 bits per heavy atom. The average Bonchev–Trinajstić information content (AvgIpc) is 3.32. The lowest BCUT2D eigenvalue weighted by Gasteiger charge is -2.18. The lowest BCUT2D eigenvalue weighted by Crippen LogP contribution is -2.30. The van der Waals surface area contributed by atoms with Crippen LogP contribution >= 0.6 is 0 Å². The van der Waals surface area contributed by atoms with E-state index in [1.54, 1.807) is 0 Å². The van der Waals surface area contributed by atoms with E-state index in [0.29, 0.717) is 19.3 Å². The third-order valence-electron chi connectivity index (χ3n) is 14.8. The summed E-state index contributed by atoms with van der Waals surface area (Å²) in [6.45, 7) is 13.8. The van der Waals surface area contributed by atoms with Crippen LogP contribution in [0, 0.1) is 17.8 Å². The van der Waals surface area contributed by atoms with Gasteiger partial charge in [0.2, 0.25) is 0 Å². The summed E-state index contributed by atoms with van der Waals surface area (Å²) < 4.78 is 16.9. The zero-order chi connectivity index (χ0) is 50.5. The van der Waals surface area contributed by atoms with Crippen molar-refractivity contribution in [1.29, 1.82) is 0 Å². The summed E-state index contributed by atoms with van der Waals surface area (Å²) in [5.74, 6) is 1.74. The molecule has 0 aromatic heterocycles. The largest absolute Gasteiger partial charge is 0.462 e. The quantitative estimate of drug-likeness (QED) is 0.0343. The minimum Gasteiger partial charge on any atom is -0.462 e. The maximum Gasteiger partial charge on any atom is 0.306 e. The van der Waals surface area contributed by atoms with E-state index in [4.69, 9.17) is 14.2 Å². The number of carbonyl (C=O) groups excluding carboxylic acids is 3. The van der Waals surface area contributed by atoms with E-state index >= 15 is 0 Å². The van der Waals surface area contributed by atoms with Gasteiger partial charge >= 0.3 is 17.9 Å². The van der Waals surface area contributed by atoms with Crippen LogP contribution in [0.15, 0.2) is 0 Å². The van der Waals surface area contributed by atoms with Crippen LogP contribution in [-0.2, 0) is 28.6 Å². The molecule has 0 aliphatic heterocycles. The number of rotatable bonds is 56. The number of hydrogen-bond acceptors (Lipinski definition) is 6. The molecule has 0 radical (unpaired) electrons. The van der Waals surface area contributed by atoms with Gasteiger partial charge in [0.25, 0.3) is 0 Å². The average molecular weight is 976 g/mol. The van der Waals surface area contributed by atoms with Crippen LogP contribution in [0.1, 0.15) is 350 Å². The molecule has 0 bridgehead atoms. The fourth-order valence-corrected chi connectivity index (χ4v) is 9.67. The van der Waals surface area contributed by atoms with Crippen LogP contribution in [0.5, 0.6) is 0 Å². The summed E-state index contributed by atoms with van der Waals surface area (Å²) in [5, 5.41) is 0. The van der Waals surface area contributed by atoms with Crippen LogP contribution in [0.3, 0.4) is 0 Å². The fourth-order valence-electron chi connectivity index (χ4n) is 9.67. The summed E-state index contributed by atoms with van der Waals surface area (Å²) >= 11 is 0. The van der Waals surface area contributed by atoms with Gasteiger partial charge in [-0.25, -0.2) is 0 Å². The van der Waals surface area contributed by atoms with Crippen molar-refractivity contribution in [1.82, 2.24) is 0 Å². The molecule has 0 aromatic rings. The first kappa shape index (κ1) is 67.4. The highest BCUT2D eigenvalue weighted by atomic mass is 16.6. The molecular weight excluding hydrogens is 853 g/mol. The van der Waals surface area contributed by atoms with Gasteiger partial charge in [-0.05, 0) is 37.0 Å². The Hall–Kier alpha value is -1.59. The molecule has 0 aliphatic carbocycles. The van der Waals surface area contributed by atoms with Crippen molar-refractivity contribution in [2.45, 2.75) is 356 Å². The van der Waals surface area contributed by atoms with Crippen LogP contribution in [0.4, 0.5) is 0 Å². The van der Waals surface area contributed by atoms with Gasteiger partial charge < -0.3 is 14.2 Å². The molecule has 1 unspecified atom stereocenters. The van der Waals surface area contributed by atoms with Crippen molar-refractivity contribution in [3.05, 3.63) is 0 Å². The third-order valence-corrected chi connectivity index (χ3v) is 14.8. The van der Waals surface area contributed by atoms with Gasteiger partial charge in [-0.15, -0.1) is 0 Å². The second-order valence-electron chi connectivity index (χ2n) is 22.9. The monoisotopic (exact) mass is 975 g/mol. The first-order valence-electron chi connectivity index (χ1n) is 31.1. The minimum atomic E-state index is -0.764. The van der Waals surface area contributed by atoms with Gasteiger partial charge in [-0.1, -0.05) is 311 Å². The molecule has 0 aliphatic rings. The lowest BCUT2D eigenvalue weighted by molar-refractivity contribution is -0.167. The molecule has 0 spiro atoms. The highest BCUT2D eigenvalue weighted by Gasteiger charge is 2.19.